The van der Waals surface area contributed by atoms with Gasteiger partial charge >= 0.3 is 5.97 Å². The third-order valence-electron chi connectivity index (χ3n) is 4.15. The summed E-state index contributed by atoms with van der Waals surface area (Å²) in [5.74, 6) is -0.261. The first-order chi connectivity index (χ1) is 13.1. The maximum Gasteiger partial charge on any atom is 0.341 e. The molecule has 4 aromatic rings. The van der Waals surface area contributed by atoms with E-state index in [0.29, 0.717) is 28.1 Å². The maximum absolute atomic E-state index is 12.5. The number of amides is 1. The average Bonchev–Trinajstić information content (AvgIpc) is 3.28. The van der Waals surface area contributed by atoms with E-state index in [1.54, 1.807) is 35.1 Å². The van der Waals surface area contributed by atoms with Gasteiger partial charge in [-0.15, -0.1) is 0 Å². The molecule has 27 heavy (non-hydrogen) atoms. The number of carbonyl (C=O) groups excluding carboxylic acids is 2. The molecule has 0 spiro atoms. The zero-order valence-corrected chi connectivity index (χ0v) is 14.7. The molecule has 136 valence electrons. The molecule has 0 aliphatic rings. The number of benzene rings is 1. The van der Waals surface area contributed by atoms with Crippen LogP contribution in [0.2, 0.25) is 0 Å². The highest BCUT2D eigenvalue weighted by molar-refractivity contribution is 6.02. The van der Waals surface area contributed by atoms with Crippen LogP contribution in [0.3, 0.4) is 0 Å². The van der Waals surface area contributed by atoms with Gasteiger partial charge < -0.3 is 14.5 Å². The second-order valence-corrected chi connectivity index (χ2v) is 6.07. The number of nitrogens with zero attached hydrogens (tertiary/aromatic N) is 3. The van der Waals surface area contributed by atoms with Crippen molar-refractivity contribution in [2.45, 2.75) is 13.5 Å². The average molecular weight is 364 g/mol. The van der Waals surface area contributed by atoms with Gasteiger partial charge in [0.25, 0.3) is 5.91 Å². The Morgan fingerprint density at radius 2 is 2.11 bits per heavy atom. The largest absolute Gasteiger partial charge is 0.465 e. The number of rotatable bonds is 4. The molecule has 0 aliphatic carbocycles. The van der Waals surface area contributed by atoms with Gasteiger partial charge in [0.1, 0.15) is 22.5 Å². The molecule has 4 rings (SSSR count). The van der Waals surface area contributed by atoms with Crippen LogP contribution in [0, 0.1) is 6.92 Å². The van der Waals surface area contributed by atoms with Crippen molar-refractivity contribution in [1.29, 1.82) is 0 Å². The Morgan fingerprint density at radius 3 is 2.93 bits per heavy atom. The number of para-hydroxylation sites is 1. The van der Waals surface area contributed by atoms with E-state index in [1.807, 2.05) is 13.0 Å². The van der Waals surface area contributed by atoms with Gasteiger partial charge in [-0.2, -0.15) is 5.10 Å². The van der Waals surface area contributed by atoms with Crippen LogP contribution in [0.25, 0.3) is 16.6 Å². The fourth-order valence-electron chi connectivity index (χ4n) is 2.87. The number of furan rings is 1. The predicted octanol–water partition coefficient (Wildman–Crippen LogP) is 2.50. The smallest absolute Gasteiger partial charge is 0.341 e. The first-order valence-corrected chi connectivity index (χ1v) is 8.25. The standard InChI is InChI=1S/C19H16N4O4/c1-11-7-20-17-15(9-22-23(17)10-11)18(24)21-8-13-6-12-4-3-5-14(16(12)27-13)19(25)26-2/h3-7,9-10H,8H2,1-2H3,(H,21,24). The first kappa shape index (κ1) is 16.8. The van der Waals surface area contributed by atoms with E-state index >= 15 is 0 Å². The van der Waals surface area contributed by atoms with Crippen LogP contribution >= 0.6 is 0 Å². The molecule has 0 saturated carbocycles. The summed E-state index contributed by atoms with van der Waals surface area (Å²) in [6.45, 7) is 2.06. The summed E-state index contributed by atoms with van der Waals surface area (Å²) in [5.41, 5.74) is 2.58. The zero-order valence-electron chi connectivity index (χ0n) is 14.7. The summed E-state index contributed by atoms with van der Waals surface area (Å²) >= 11 is 0. The Kier molecular flexibility index (Phi) is 4.08. The number of methoxy groups -OCH3 is 1. The van der Waals surface area contributed by atoms with E-state index in [1.165, 1.54) is 13.3 Å². The Hall–Kier alpha value is -3.68. The Balaban J connectivity index is 1.56. The van der Waals surface area contributed by atoms with E-state index < -0.39 is 5.97 Å². The van der Waals surface area contributed by atoms with Crippen LogP contribution < -0.4 is 5.32 Å². The van der Waals surface area contributed by atoms with Gasteiger partial charge in [-0.25, -0.2) is 14.3 Å². The molecule has 3 heterocycles. The lowest BCUT2D eigenvalue weighted by Crippen LogP contribution is -2.22. The Bertz CT molecular complexity index is 1180. The molecule has 3 aromatic heterocycles. The molecule has 0 bridgehead atoms. The summed E-state index contributed by atoms with van der Waals surface area (Å²) in [5, 5.41) is 7.70. The Morgan fingerprint density at radius 1 is 1.26 bits per heavy atom. The van der Waals surface area contributed by atoms with Crippen LogP contribution in [0.15, 0.2) is 47.3 Å². The molecule has 8 heteroatoms. The number of hydrogen-bond donors (Lipinski definition) is 1. The molecule has 0 fully saturated rings. The number of ether oxygens (including phenoxy) is 1. The lowest BCUT2D eigenvalue weighted by Gasteiger charge is -2.02. The summed E-state index contributed by atoms with van der Waals surface area (Å²) in [4.78, 5) is 28.6. The highest BCUT2D eigenvalue weighted by atomic mass is 16.5. The third kappa shape index (κ3) is 3.01. The van der Waals surface area contributed by atoms with E-state index in [9.17, 15) is 9.59 Å². The summed E-state index contributed by atoms with van der Waals surface area (Å²) < 4.78 is 12.1. The molecule has 0 atom stereocenters. The topological polar surface area (TPSA) is 98.7 Å². The molecule has 8 nitrogen and oxygen atoms in total. The number of fused-ring (bicyclic) bond motifs is 2. The molecule has 0 unspecified atom stereocenters. The Labute approximate surface area is 153 Å². The van der Waals surface area contributed by atoms with Crippen molar-refractivity contribution in [3.8, 4) is 0 Å². The minimum atomic E-state index is -0.474. The van der Waals surface area contributed by atoms with Gasteiger partial charge in [0.05, 0.1) is 19.9 Å². The highest BCUT2D eigenvalue weighted by Crippen LogP contribution is 2.24. The SMILES string of the molecule is COC(=O)c1cccc2cc(CNC(=O)c3cnn4cc(C)cnc34)oc12. The van der Waals surface area contributed by atoms with E-state index in [2.05, 4.69) is 15.4 Å². The van der Waals surface area contributed by atoms with Crippen LogP contribution in [0.5, 0.6) is 0 Å². The zero-order chi connectivity index (χ0) is 19.0. The van der Waals surface area contributed by atoms with Crippen molar-refractivity contribution in [3.05, 3.63) is 65.3 Å². The molecule has 0 aliphatic heterocycles. The number of carbonyl (C=O) groups is 2. The normalized spacial score (nSPS) is 11.0. The fraction of sp³-hybridized carbons (Fsp3) is 0.158. The van der Waals surface area contributed by atoms with Crippen molar-refractivity contribution >= 4 is 28.5 Å². The monoisotopic (exact) mass is 364 g/mol. The van der Waals surface area contributed by atoms with Gasteiger partial charge in [0.15, 0.2) is 5.65 Å². The van der Waals surface area contributed by atoms with Gasteiger partial charge in [0.2, 0.25) is 0 Å². The maximum atomic E-state index is 12.5. The molecular weight excluding hydrogens is 348 g/mol. The second-order valence-electron chi connectivity index (χ2n) is 6.07. The minimum absolute atomic E-state index is 0.164. The van der Waals surface area contributed by atoms with Gasteiger partial charge in [0, 0.05) is 17.8 Å². The number of hydrogen-bond acceptors (Lipinski definition) is 6. The number of esters is 1. The quantitative estimate of drug-likeness (QED) is 0.559. The van der Waals surface area contributed by atoms with Gasteiger partial charge in [-0.1, -0.05) is 12.1 Å². The third-order valence-corrected chi connectivity index (χ3v) is 4.15. The molecule has 1 amide bonds. The number of nitrogens with one attached hydrogen (secondary N) is 1. The van der Waals surface area contributed by atoms with Gasteiger partial charge in [-0.3, -0.25) is 4.79 Å². The second kappa shape index (κ2) is 6.56. The van der Waals surface area contributed by atoms with E-state index in [4.69, 9.17) is 9.15 Å². The highest BCUT2D eigenvalue weighted by Gasteiger charge is 2.17. The van der Waals surface area contributed by atoms with Gasteiger partial charge in [-0.05, 0) is 24.6 Å². The number of aromatic nitrogens is 3. The van der Waals surface area contributed by atoms with E-state index in [0.717, 1.165) is 10.9 Å². The van der Waals surface area contributed by atoms with Crippen molar-refractivity contribution < 1.29 is 18.7 Å². The fourth-order valence-corrected chi connectivity index (χ4v) is 2.87. The summed E-state index contributed by atoms with van der Waals surface area (Å²) in [6.07, 6.45) is 4.96. The molecule has 1 aromatic carbocycles. The van der Waals surface area contributed by atoms with Crippen LogP contribution in [0.1, 0.15) is 32.0 Å². The van der Waals surface area contributed by atoms with Crippen molar-refractivity contribution in [1.82, 2.24) is 19.9 Å². The molecule has 0 radical (unpaired) electrons. The minimum Gasteiger partial charge on any atom is -0.465 e. The van der Waals surface area contributed by atoms with Crippen LogP contribution in [-0.4, -0.2) is 33.6 Å². The summed E-state index contributed by atoms with van der Waals surface area (Å²) in [6, 6.07) is 6.99. The number of aryl methyl sites for hydroxylation is 1. The predicted molar refractivity (Wildman–Crippen MR) is 96.4 cm³/mol. The lowest BCUT2D eigenvalue weighted by molar-refractivity contribution is 0.0601. The van der Waals surface area contributed by atoms with Crippen LogP contribution in [-0.2, 0) is 11.3 Å². The summed E-state index contributed by atoms with van der Waals surface area (Å²) in [7, 11) is 1.32. The lowest BCUT2D eigenvalue weighted by atomic mass is 10.1. The van der Waals surface area contributed by atoms with Crippen molar-refractivity contribution in [2.24, 2.45) is 0 Å². The van der Waals surface area contributed by atoms with E-state index in [-0.39, 0.29) is 12.5 Å². The molecule has 0 saturated heterocycles. The molecular formula is C19H16N4O4. The van der Waals surface area contributed by atoms with Crippen molar-refractivity contribution in [3.63, 3.8) is 0 Å². The van der Waals surface area contributed by atoms with Crippen molar-refractivity contribution in [2.75, 3.05) is 7.11 Å². The first-order valence-electron chi connectivity index (χ1n) is 8.25. The molecule has 1 N–H and O–H groups in total. The van der Waals surface area contributed by atoms with Crippen LogP contribution in [0.4, 0.5) is 0 Å².